The molecule has 0 fully saturated rings. The van der Waals surface area contributed by atoms with E-state index in [4.69, 9.17) is 10.4 Å². The second-order valence-electron chi connectivity index (χ2n) is 2.77. The normalized spacial score (nSPS) is 14.1. The lowest BCUT2D eigenvalue weighted by atomic mass is 10.00. The molecule has 4 heteroatoms. The Morgan fingerprint density at radius 2 is 2.00 bits per heavy atom. The van der Waals surface area contributed by atoms with Crippen molar-refractivity contribution in [1.29, 1.82) is 5.26 Å². The van der Waals surface area contributed by atoms with Crippen LogP contribution >= 0.6 is 0 Å². The van der Waals surface area contributed by atoms with Crippen LogP contribution in [0.3, 0.4) is 0 Å². The molecule has 0 radical (unpaired) electrons. The third-order valence-electron chi connectivity index (χ3n) is 1.87. The number of benzene rings is 1. The van der Waals surface area contributed by atoms with Crippen LogP contribution in [0, 0.1) is 11.3 Å². The first-order valence-electron chi connectivity index (χ1n) is 4.00. The largest absolute Gasteiger partial charge is 0.385 e. The van der Waals surface area contributed by atoms with Gasteiger partial charge in [-0.1, -0.05) is 24.3 Å². The monoisotopic (exact) mass is 191 g/mol. The number of nitriles is 1. The molecule has 2 N–H and O–H groups in total. The van der Waals surface area contributed by atoms with E-state index in [1.54, 1.807) is 12.1 Å². The zero-order valence-corrected chi connectivity index (χ0v) is 7.29. The van der Waals surface area contributed by atoms with Gasteiger partial charge in [0.05, 0.1) is 6.07 Å². The molecule has 0 amide bonds. The van der Waals surface area contributed by atoms with Gasteiger partial charge in [-0.05, 0) is 5.56 Å². The maximum Gasteiger partial charge on any atom is 0.170 e. The number of hydrogen-bond acceptors (Lipinski definition) is 4. The van der Waals surface area contributed by atoms with Gasteiger partial charge in [-0.25, -0.2) is 0 Å². The molecule has 72 valence electrons. The number of aliphatic hydroxyl groups excluding tert-OH is 2. The Kier molecular flexibility index (Phi) is 3.35. The van der Waals surface area contributed by atoms with Crippen LogP contribution in [0.25, 0.3) is 0 Å². The first-order chi connectivity index (χ1) is 6.70. The molecule has 0 aliphatic carbocycles. The Morgan fingerprint density at radius 3 is 2.57 bits per heavy atom. The maximum atomic E-state index is 10.6. The second-order valence-corrected chi connectivity index (χ2v) is 2.77. The molecule has 0 saturated heterocycles. The van der Waals surface area contributed by atoms with Gasteiger partial charge >= 0.3 is 0 Å². The third kappa shape index (κ3) is 1.96. The summed E-state index contributed by atoms with van der Waals surface area (Å²) >= 11 is 0. The third-order valence-corrected chi connectivity index (χ3v) is 1.87. The molecule has 1 rings (SSSR count). The number of aliphatic hydroxyl groups is 2. The smallest absolute Gasteiger partial charge is 0.170 e. The summed E-state index contributed by atoms with van der Waals surface area (Å²) in [5.74, 6) is 0. The van der Waals surface area contributed by atoms with Crippen LogP contribution < -0.4 is 0 Å². The summed E-state index contributed by atoms with van der Waals surface area (Å²) in [6.45, 7) is 0. The second kappa shape index (κ2) is 4.51. The van der Waals surface area contributed by atoms with Gasteiger partial charge < -0.3 is 10.2 Å². The fourth-order valence-corrected chi connectivity index (χ4v) is 1.13. The van der Waals surface area contributed by atoms with E-state index in [-0.39, 0.29) is 11.1 Å². The standard InChI is InChI=1S/C10H9NO3/c11-5-9(13)10(14)8-4-2-1-3-7(8)6-12/h1-4,6,9-10,13-14H. The molecule has 0 aliphatic heterocycles. The number of hydrogen-bond donors (Lipinski definition) is 2. The van der Waals surface area contributed by atoms with Crippen LogP contribution in [-0.2, 0) is 0 Å². The molecule has 2 unspecified atom stereocenters. The molecule has 14 heavy (non-hydrogen) atoms. The summed E-state index contributed by atoms with van der Waals surface area (Å²) in [6.07, 6.45) is -2.29. The first kappa shape index (κ1) is 10.4. The van der Waals surface area contributed by atoms with Gasteiger partial charge in [-0.3, -0.25) is 4.79 Å². The lowest BCUT2D eigenvalue weighted by Crippen LogP contribution is -2.17. The zero-order chi connectivity index (χ0) is 10.6. The average Bonchev–Trinajstić information content (AvgIpc) is 2.26. The van der Waals surface area contributed by atoms with Crippen LogP contribution in [-0.4, -0.2) is 22.6 Å². The number of aldehydes is 1. The van der Waals surface area contributed by atoms with E-state index in [1.807, 2.05) is 0 Å². The Bertz CT molecular complexity index is 370. The van der Waals surface area contributed by atoms with Gasteiger partial charge in [0.2, 0.25) is 0 Å². The van der Waals surface area contributed by atoms with Crippen LogP contribution in [0.15, 0.2) is 24.3 Å². The highest BCUT2D eigenvalue weighted by Gasteiger charge is 2.19. The summed E-state index contributed by atoms with van der Waals surface area (Å²) in [5.41, 5.74) is 0.533. The van der Waals surface area contributed by atoms with Gasteiger partial charge in [0.1, 0.15) is 12.4 Å². The van der Waals surface area contributed by atoms with Crippen LogP contribution in [0.4, 0.5) is 0 Å². The zero-order valence-electron chi connectivity index (χ0n) is 7.29. The molecule has 0 spiro atoms. The Hall–Kier alpha value is -1.70. The molecule has 1 aromatic carbocycles. The van der Waals surface area contributed by atoms with Gasteiger partial charge in [0, 0.05) is 5.56 Å². The van der Waals surface area contributed by atoms with E-state index in [2.05, 4.69) is 0 Å². The molecule has 0 bridgehead atoms. The Balaban J connectivity index is 3.06. The summed E-state index contributed by atoms with van der Waals surface area (Å²) in [7, 11) is 0. The molecule has 0 aromatic heterocycles. The van der Waals surface area contributed by atoms with E-state index in [0.29, 0.717) is 6.29 Å². The van der Waals surface area contributed by atoms with E-state index in [1.165, 1.54) is 18.2 Å². The quantitative estimate of drug-likeness (QED) is 0.535. The molecule has 2 atom stereocenters. The molecule has 4 nitrogen and oxygen atoms in total. The fourth-order valence-electron chi connectivity index (χ4n) is 1.13. The molecular weight excluding hydrogens is 182 g/mol. The van der Waals surface area contributed by atoms with Gasteiger partial charge in [0.25, 0.3) is 0 Å². The minimum absolute atomic E-state index is 0.261. The van der Waals surface area contributed by atoms with Crippen molar-refractivity contribution in [2.75, 3.05) is 0 Å². The predicted molar refractivity (Wildman–Crippen MR) is 48.4 cm³/mol. The number of carbonyl (C=O) groups excluding carboxylic acids is 1. The average molecular weight is 191 g/mol. The van der Waals surface area contributed by atoms with Crippen molar-refractivity contribution in [2.24, 2.45) is 0 Å². The van der Waals surface area contributed by atoms with Crippen LogP contribution in [0.5, 0.6) is 0 Å². The molecule has 1 aromatic rings. The van der Waals surface area contributed by atoms with Gasteiger partial charge in [0.15, 0.2) is 6.10 Å². The summed E-state index contributed by atoms with van der Waals surface area (Å²) in [4.78, 5) is 10.6. The molecule has 0 heterocycles. The van der Waals surface area contributed by atoms with Crippen molar-refractivity contribution in [3.05, 3.63) is 35.4 Å². The minimum atomic E-state index is -1.52. The minimum Gasteiger partial charge on any atom is -0.385 e. The Morgan fingerprint density at radius 1 is 1.36 bits per heavy atom. The van der Waals surface area contributed by atoms with Crippen molar-refractivity contribution >= 4 is 6.29 Å². The van der Waals surface area contributed by atoms with E-state index in [9.17, 15) is 9.90 Å². The SMILES string of the molecule is N#CC(O)C(O)c1ccccc1C=O. The first-order valence-corrected chi connectivity index (χ1v) is 4.00. The molecule has 0 aliphatic rings. The van der Waals surface area contributed by atoms with E-state index in [0.717, 1.165) is 0 Å². The lowest BCUT2D eigenvalue weighted by Gasteiger charge is -2.13. The highest BCUT2D eigenvalue weighted by Crippen LogP contribution is 2.19. The predicted octanol–water partition coefficient (Wildman–Crippen LogP) is 0.417. The van der Waals surface area contributed by atoms with Crippen molar-refractivity contribution in [2.45, 2.75) is 12.2 Å². The number of carbonyl (C=O) groups is 1. The maximum absolute atomic E-state index is 10.6. The van der Waals surface area contributed by atoms with Crippen molar-refractivity contribution in [3.63, 3.8) is 0 Å². The summed E-state index contributed by atoms with van der Waals surface area (Å²) in [6, 6.07) is 7.77. The summed E-state index contributed by atoms with van der Waals surface area (Å²) in [5, 5.41) is 26.9. The topological polar surface area (TPSA) is 81.3 Å². The fraction of sp³-hybridized carbons (Fsp3) is 0.200. The van der Waals surface area contributed by atoms with Crippen LogP contribution in [0.2, 0.25) is 0 Å². The van der Waals surface area contributed by atoms with E-state index < -0.39 is 12.2 Å². The number of nitrogens with zero attached hydrogens (tertiary/aromatic N) is 1. The van der Waals surface area contributed by atoms with Crippen molar-refractivity contribution < 1.29 is 15.0 Å². The van der Waals surface area contributed by atoms with Gasteiger partial charge in [-0.15, -0.1) is 0 Å². The van der Waals surface area contributed by atoms with E-state index >= 15 is 0 Å². The Labute approximate surface area is 81.0 Å². The van der Waals surface area contributed by atoms with Crippen molar-refractivity contribution in [3.8, 4) is 6.07 Å². The molecule has 0 saturated carbocycles. The van der Waals surface area contributed by atoms with Gasteiger partial charge in [-0.2, -0.15) is 5.26 Å². The molecular formula is C10H9NO3. The lowest BCUT2D eigenvalue weighted by molar-refractivity contribution is 0.0522. The highest BCUT2D eigenvalue weighted by molar-refractivity contribution is 5.77. The van der Waals surface area contributed by atoms with Crippen LogP contribution in [0.1, 0.15) is 22.0 Å². The number of rotatable bonds is 3. The highest BCUT2D eigenvalue weighted by atomic mass is 16.3. The van der Waals surface area contributed by atoms with Crippen molar-refractivity contribution in [1.82, 2.24) is 0 Å². The summed E-state index contributed by atoms with van der Waals surface area (Å²) < 4.78 is 0.